The van der Waals surface area contributed by atoms with Gasteiger partial charge in [0.1, 0.15) is 0 Å². The maximum absolute atomic E-state index is 5.69. The van der Waals surface area contributed by atoms with Gasteiger partial charge < -0.3 is 4.74 Å². The number of hydrogen-bond acceptors (Lipinski definition) is 2. The van der Waals surface area contributed by atoms with E-state index in [9.17, 15) is 0 Å². The third-order valence-corrected chi connectivity index (χ3v) is 3.31. The molecule has 0 aromatic carbocycles. The summed E-state index contributed by atoms with van der Waals surface area (Å²) in [5.74, 6) is 0.798. The predicted octanol–water partition coefficient (Wildman–Crippen LogP) is 1.90. The van der Waals surface area contributed by atoms with Crippen molar-refractivity contribution < 1.29 is 4.74 Å². The van der Waals surface area contributed by atoms with Gasteiger partial charge in [-0.1, -0.05) is 0 Å². The van der Waals surface area contributed by atoms with Gasteiger partial charge in [-0.2, -0.15) is 0 Å². The van der Waals surface area contributed by atoms with Gasteiger partial charge in [0.15, 0.2) is 0 Å². The van der Waals surface area contributed by atoms with Crippen molar-refractivity contribution in [2.24, 2.45) is 5.92 Å². The number of rotatable bonds is 0. The number of ether oxygens (including phenoxy) is 1. The molecule has 0 amide bonds. The van der Waals surface area contributed by atoms with Gasteiger partial charge in [0.2, 0.25) is 0 Å². The largest absolute Gasteiger partial charge is 0.378 e. The number of nitrogens with zero attached hydrogens (tertiary/aromatic N) is 1. The van der Waals surface area contributed by atoms with Crippen LogP contribution < -0.4 is 0 Å². The van der Waals surface area contributed by atoms with Crippen molar-refractivity contribution in [2.75, 3.05) is 19.7 Å². The maximum Gasteiger partial charge on any atom is 0.0591 e. The van der Waals surface area contributed by atoms with Crippen LogP contribution in [0.1, 0.15) is 33.6 Å². The molecule has 2 atom stereocenters. The molecule has 2 saturated heterocycles. The van der Waals surface area contributed by atoms with E-state index >= 15 is 0 Å². The first-order chi connectivity index (χ1) is 6.05. The maximum atomic E-state index is 5.69. The van der Waals surface area contributed by atoms with Crippen molar-refractivity contribution in [1.29, 1.82) is 0 Å². The third kappa shape index (κ3) is 2.05. The second kappa shape index (κ2) is 3.25. The zero-order valence-electron chi connectivity index (χ0n) is 9.05. The second-order valence-electron chi connectivity index (χ2n) is 5.46. The Morgan fingerprint density at radius 3 is 2.77 bits per heavy atom. The standard InChI is InChI=1S/C11H21NO/c1-11(2,3)12-5-4-10-6-9(7-12)8-13-10/h9-10H,4-8H2,1-3H3. The summed E-state index contributed by atoms with van der Waals surface area (Å²) in [4.78, 5) is 2.61. The van der Waals surface area contributed by atoms with Crippen molar-refractivity contribution in [1.82, 2.24) is 4.90 Å². The Hall–Kier alpha value is -0.0800. The smallest absolute Gasteiger partial charge is 0.0591 e. The van der Waals surface area contributed by atoms with Gasteiger partial charge in [-0.3, -0.25) is 4.90 Å². The molecule has 2 nitrogen and oxygen atoms in total. The molecule has 76 valence electrons. The first-order valence-corrected chi connectivity index (χ1v) is 5.42. The summed E-state index contributed by atoms with van der Waals surface area (Å²) in [5, 5.41) is 0. The zero-order valence-corrected chi connectivity index (χ0v) is 9.05. The fourth-order valence-electron chi connectivity index (χ4n) is 2.42. The van der Waals surface area contributed by atoms with Crippen LogP contribution in [-0.2, 0) is 4.74 Å². The lowest BCUT2D eigenvalue weighted by Gasteiger charge is -2.36. The summed E-state index contributed by atoms with van der Waals surface area (Å²) in [7, 11) is 0. The van der Waals surface area contributed by atoms with Gasteiger partial charge in [-0.05, 0) is 39.5 Å². The highest BCUT2D eigenvalue weighted by atomic mass is 16.5. The molecule has 0 aromatic rings. The fraction of sp³-hybridized carbons (Fsp3) is 1.00. The third-order valence-electron chi connectivity index (χ3n) is 3.31. The second-order valence-corrected chi connectivity index (χ2v) is 5.46. The van der Waals surface area contributed by atoms with Crippen LogP contribution in [0.3, 0.4) is 0 Å². The SMILES string of the molecule is CC(C)(C)N1CCC2CC(CO2)C1. The van der Waals surface area contributed by atoms with Crippen LogP contribution >= 0.6 is 0 Å². The van der Waals surface area contributed by atoms with Gasteiger partial charge in [0.25, 0.3) is 0 Å². The molecule has 2 aliphatic rings. The van der Waals surface area contributed by atoms with E-state index in [0.29, 0.717) is 11.6 Å². The van der Waals surface area contributed by atoms with E-state index < -0.39 is 0 Å². The lowest BCUT2D eigenvalue weighted by Crippen LogP contribution is -2.44. The first-order valence-electron chi connectivity index (χ1n) is 5.42. The molecule has 0 spiro atoms. The normalized spacial score (nSPS) is 36.2. The van der Waals surface area contributed by atoms with E-state index in [1.54, 1.807) is 0 Å². The average Bonchev–Trinajstić information content (AvgIpc) is 2.27. The molecule has 2 aliphatic heterocycles. The minimum Gasteiger partial charge on any atom is -0.378 e. The Bertz CT molecular complexity index is 185. The van der Waals surface area contributed by atoms with Crippen molar-refractivity contribution in [3.8, 4) is 0 Å². The van der Waals surface area contributed by atoms with Crippen LogP contribution in [0.2, 0.25) is 0 Å². The van der Waals surface area contributed by atoms with Crippen molar-refractivity contribution >= 4 is 0 Å². The summed E-state index contributed by atoms with van der Waals surface area (Å²) in [6.07, 6.45) is 3.10. The number of likely N-dealkylation sites (tertiary alicyclic amines) is 1. The molecule has 2 bridgehead atoms. The number of fused-ring (bicyclic) bond motifs is 2. The van der Waals surface area contributed by atoms with Crippen LogP contribution in [0.15, 0.2) is 0 Å². The number of hydrogen-bond donors (Lipinski definition) is 0. The molecule has 0 aromatic heterocycles. The minimum absolute atomic E-state index is 0.338. The Kier molecular flexibility index (Phi) is 2.37. The molecular formula is C11H21NO. The quantitative estimate of drug-likeness (QED) is 0.568. The topological polar surface area (TPSA) is 12.5 Å². The lowest BCUT2D eigenvalue weighted by molar-refractivity contribution is 0.0457. The van der Waals surface area contributed by atoms with Crippen LogP contribution in [0.25, 0.3) is 0 Å². The molecule has 2 heterocycles. The molecule has 2 unspecified atom stereocenters. The van der Waals surface area contributed by atoms with Crippen LogP contribution in [0.4, 0.5) is 0 Å². The minimum atomic E-state index is 0.338. The van der Waals surface area contributed by atoms with Crippen molar-refractivity contribution in [2.45, 2.75) is 45.3 Å². The molecule has 0 saturated carbocycles. The van der Waals surface area contributed by atoms with E-state index in [1.807, 2.05) is 0 Å². The van der Waals surface area contributed by atoms with Gasteiger partial charge in [-0.25, -0.2) is 0 Å². The molecule has 0 N–H and O–H groups in total. The van der Waals surface area contributed by atoms with E-state index in [0.717, 1.165) is 12.5 Å². The Balaban J connectivity index is 2.01. The summed E-state index contributed by atoms with van der Waals surface area (Å²) >= 11 is 0. The molecular weight excluding hydrogens is 162 g/mol. The lowest BCUT2D eigenvalue weighted by atomic mass is 10.0. The molecule has 2 heteroatoms. The summed E-state index contributed by atoms with van der Waals surface area (Å²) in [6, 6.07) is 0. The molecule has 0 aliphatic carbocycles. The van der Waals surface area contributed by atoms with Crippen LogP contribution in [0.5, 0.6) is 0 Å². The summed E-state index contributed by atoms with van der Waals surface area (Å²) in [5.41, 5.74) is 0.338. The van der Waals surface area contributed by atoms with E-state index in [-0.39, 0.29) is 0 Å². The van der Waals surface area contributed by atoms with Gasteiger partial charge >= 0.3 is 0 Å². The Morgan fingerprint density at radius 1 is 1.31 bits per heavy atom. The zero-order chi connectivity index (χ0) is 9.47. The average molecular weight is 183 g/mol. The first kappa shape index (κ1) is 9.47. The highest BCUT2D eigenvalue weighted by Crippen LogP contribution is 2.29. The molecule has 13 heavy (non-hydrogen) atoms. The van der Waals surface area contributed by atoms with Crippen LogP contribution in [-0.4, -0.2) is 36.2 Å². The van der Waals surface area contributed by atoms with Gasteiger partial charge in [0, 0.05) is 18.6 Å². The highest BCUT2D eigenvalue weighted by molar-refractivity contribution is 4.86. The highest BCUT2D eigenvalue weighted by Gasteiger charge is 2.34. The monoisotopic (exact) mass is 183 g/mol. The van der Waals surface area contributed by atoms with Gasteiger partial charge in [0.05, 0.1) is 12.7 Å². The van der Waals surface area contributed by atoms with Crippen LogP contribution in [0, 0.1) is 5.92 Å². The van der Waals surface area contributed by atoms with Crippen molar-refractivity contribution in [3.63, 3.8) is 0 Å². The van der Waals surface area contributed by atoms with E-state index in [1.165, 1.54) is 25.9 Å². The molecule has 2 rings (SSSR count). The van der Waals surface area contributed by atoms with Gasteiger partial charge in [-0.15, -0.1) is 0 Å². The Morgan fingerprint density at radius 2 is 2.08 bits per heavy atom. The molecule has 2 fully saturated rings. The Labute approximate surface area is 81.3 Å². The molecule has 0 radical (unpaired) electrons. The van der Waals surface area contributed by atoms with E-state index in [2.05, 4.69) is 25.7 Å². The summed E-state index contributed by atoms with van der Waals surface area (Å²) < 4.78 is 5.69. The van der Waals surface area contributed by atoms with E-state index in [4.69, 9.17) is 4.74 Å². The predicted molar refractivity (Wildman–Crippen MR) is 53.8 cm³/mol. The van der Waals surface area contributed by atoms with Crippen molar-refractivity contribution in [3.05, 3.63) is 0 Å². The summed E-state index contributed by atoms with van der Waals surface area (Å²) in [6.45, 7) is 10.4. The fourth-order valence-corrected chi connectivity index (χ4v) is 2.42.